The van der Waals surface area contributed by atoms with Gasteiger partial charge in [-0.25, -0.2) is 4.79 Å². The summed E-state index contributed by atoms with van der Waals surface area (Å²) in [6.45, 7) is 0.862. The van der Waals surface area contributed by atoms with E-state index >= 15 is 0 Å². The van der Waals surface area contributed by atoms with Gasteiger partial charge in [0.05, 0.1) is 13.2 Å². The van der Waals surface area contributed by atoms with Crippen LogP contribution in [0.4, 0.5) is 10.5 Å². The number of carbonyl (C=O) groups is 1. The summed E-state index contributed by atoms with van der Waals surface area (Å²) in [6.07, 6.45) is -1.21. The van der Waals surface area contributed by atoms with Crippen LogP contribution >= 0.6 is 0 Å². The Morgan fingerprint density at radius 2 is 1.88 bits per heavy atom. The molecule has 6 nitrogen and oxygen atoms in total. The topological polar surface area (TPSA) is 80.0 Å². The molecule has 92 valence electrons. The monoisotopic (exact) mass is 239 g/mol. The van der Waals surface area contributed by atoms with E-state index in [2.05, 4.69) is 0 Å². The van der Waals surface area contributed by atoms with Crippen LogP contribution in [0.15, 0.2) is 24.3 Å². The zero-order valence-corrected chi connectivity index (χ0v) is 9.13. The van der Waals surface area contributed by atoms with Crippen molar-refractivity contribution in [2.75, 3.05) is 25.7 Å². The average molecular weight is 239 g/mol. The zero-order chi connectivity index (χ0) is 12.1. The minimum atomic E-state index is -0.783. The van der Waals surface area contributed by atoms with Crippen LogP contribution in [0.5, 0.6) is 5.75 Å². The standard InChI is InChI=1S/C11H13NO5/c12-8-1-3-9(4-2-8)16-11(13)17-10-5-14-7-15-6-10/h1-4,10H,5-7,12H2. The van der Waals surface area contributed by atoms with Crippen molar-refractivity contribution >= 4 is 11.8 Å². The summed E-state index contributed by atoms with van der Waals surface area (Å²) in [4.78, 5) is 11.4. The maximum absolute atomic E-state index is 11.4. The normalized spacial score (nSPS) is 16.5. The highest BCUT2D eigenvalue weighted by molar-refractivity contribution is 5.64. The van der Waals surface area contributed by atoms with E-state index in [4.69, 9.17) is 24.7 Å². The molecule has 0 bridgehead atoms. The molecule has 0 spiro atoms. The summed E-state index contributed by atoms with van der Waals surface area (Å²) in [7, 11) is 0. The summed E-state index contributed by atoms with van der Waals surface area (Å²) in [5.41, 5.74) is 6.10. The number of nitrogens with two attached hydrogens (primary N) is 1. The molecule has 17 heavy (non-hydrogen) atoms. The number of hydrogen-bond acceptors (Lipinski definition) is 6. The van der Waals surface area contributed by atoms with Gasteiger partial charge in [-0.15, -0.1) is 0 Å². The summed E-state index contributed by atoms with van der Waals surface area (Å²) in [6, 6.07) is 6.44. The van der Waals surface area contributed by atoms with Crippen molar-refractivity contribution in [2.45, 2.75) is 6.10 Å². The third-order valence-electron chi connectivity index (χ3n) is 2.12. The van der Waals surface area contributed by atoms with Gasteiger partial charge < -0.3 is 24.7 Å². The van der Waals surface area contributed by atoms with Crippen molar-refractivity contribution in [3.05, 3.63) is 24.3 Å². The SMILES string of the molecule is Nc1ccc(OC(=O)OC2COCOC2)cc1. The second kappa shape index (κ2) is 5.51. The molecule has 0 aromatic heterocycles. The van der Waals surface area contributed by atoms with Crippen LogP contribution < -0.4 is 10.5 Å². The smallest absolute Gasteiger partial charge is 0.426 e. The first-order chi connectivity index (χ1) is 8.24. The molecule has 1 aliphatic rings. The predicted octanol–water partition coefficient (Wildman–Crippen LogP) is 1.16. The molecule has 2 rings (SSSR count). The van der Waals surface area contributed by atoms with Gasteiger partial charge in [0.2, 0.25) is 0 Å². The lowest BCUT2D eigenvalue weighted by molar-refractivity contribution is -0.155. The number of benzene rings is 1. The molecule has 0 unspecified atom stereocenters. The molecule has 1 fully saturated rings. The third kappa shape index (κ3) is 3.61. The van der Waals surface area contributed by atoms with Gasteiger partial charge in [-0.3, -0.25) is 0 Å². The number of anilines is 1. The van der Waals surface area contributed by atoms with Crippen LogP contribution in [0.2, 0.25) is 0 Å². The van der Waals surface area contributed by atoms with Gasteiger partial charge in [-0.2, -0.15) is 0 Å². The van der Waals surface area contributed by atoms with Crippen molar-refractivity contribution in [1.82, 2.24) is 0 Å². The fourth-order valence-corrected chi connectivity index (χ4v) is 1.33. The molecule has 0 saturated carbocycles. The average Bonchev–Trinajstić information content (AvgIpc) is 2.33. The lowest BCUT2D eigenvalue weighted by atomic mass is 10.3. The summed E-state index contributed by atoms with van der Waals surface area (Å²) in [5, 5.41) is 0. The van der Waals surface area contributed by atoms with Crippen LogP contribution in [0.3, 0.4) is 0 Å². The maximum Gasteiger partial charge on any atom is 0.514 e. The highest BCUT2D eigenvalue weighted by atomic mass is 16.8. The summed E-state index contributed by atoms with van der Waals surface area (Å²) >= 11 is 0. The number of nitrogen functional groups attached to an aromatic ring is 1. The molecule has 6 heteroatoms. The van der Waals surface area contributed by atoms with Gasteiger partial charge in [-0.1, -0.05) is 0 Å². The molecule has 1 aliphatic heterocycles. The molecule has 0 amide bonds. The lowest BCUT2D eigenvalue weighted by Crippen LogP contribution is -2.34. The molecule has 1 aromatic rings. The molecule has 1 saturated heterocycles. The van der Waals surface area contributed by atoms with Crippen molar-refractivity contribution < 1.29 is 23.7 Å². The largest absolute Gasteiger partial charge is 0.514 e. The summed E-state index contributed by atoms with van der Waals surface area (Å²) < 4.78 is 19.9. The van der Waals surface area contributed by atoms with Crippen LogP contribution in [0.25, 0.3) is 0 Å². The molecule has 1 heterocycles. The number of ether oxygens (including phenoxy) is 4. The second-order valence-corrected chi connectivity index (χ2v) is 3.52. The van der Waals surface area contributed by atoms with E-state index in [1.165, 1.54) is 0 Å². The Bertz CT molecular complexity index is 372. The summed E-state index contributed by atoms with van der Waals surface area (Å²) in [5.74, 6) is 0.377. The number of carbonyl (C=O) groups excluding carboxylic acids is 1. The van der Waals surface area contributed by atoms with Gasteiger partial charge in [0.1, 0.15) is 12.5 Å². The highest BCUT2D eigenvalue weighted by Gasteiger charge is 2.19. The fraction of sp³-hybridized carbons (Fsp3) is 0.364. The van der Waals surface area contributed by atoms with Gasteiger partial charge in [0, 0.05) is 5.69 Å². The van der Waals surface area contributed by atoms with E-state index < -0.39 is 12.3 Å². The molecule has 0 radical (unpaired) electrons. The first kappa shape index (κ1) is 11.7. The Balaban J connectivity index is 1.82. The van der Waals surface area contributed by atoms with Crippen molar-refractivity contribution in [3.8, 4) is 5.75 Å². The zero-order valence-electron chi connectivity index (χ0n) is 9.13. The van der Waals surface area contributed by atoms with Crippen LogP contribution in [-0.4, -0.2) is 32.3 Å². The predicted molar refractivity (Wildman–Crippen MR) is 58.5 cm³/mol. The van der Waals surface area contributed by atoms with Crippen LogP contribution in [0, 0.1) is 0 Å². The van der Waals surface area contributed by atoms with Gasteiger partial charge >= 0.3 is 6.16 Å². The van der Waals surface area contributed by atoms with E-state index in [0.29, 0.717) is 24.7 Å². The molecule has 2 N–H and O–H groups in total. The minimum absolute atomic E-state index is 0.229. The maximum atomic E-state index is 11.4. The van der Waals surface area contributed by atoms with Gasteiger partial charge in [0.25, 0.3) is 0 Å². The van der Waals surface area contributed by atoms with E-state index in [0.717, 1.165) is 0 Å². The Labute approximate surface area is 98.2 Å². The van der Waals surface area contributed by atoms with Gasteiger partial charge in [-0.05, 0) is 24.3 Å². The Hall–Kier alpha value is -1.79. The Kier molecular flexibility index (Phi) is 3.79. The third-order valence-corrected chi connectivity index (χ3v) is 2.12. The van der Waals surface area contributed by atoms with Crippen molar-refractivity contribution in [3.63, 3.8) is 0 Å². The molecular weight excluding hydrogens is 226 g/mol. The first-order valence-corrected chi connectivity index (χ1v) is 5.13. The fourth-order valence-electron chi connectivity index (χ4n) is 1.33. The Morgan fingerprint density at radius 3 is 2.53 bits per heavy atom. The Morgan fingerprint density at radius 1 is 1.24 bits per heavy atom. The quantitative estimate of drug-likeness (QED) is 0.474. The van der Waals surface area contributed by atoms with Crippen LogP contribution in [-0.2, 0) is 14.2 Å². The molecular formula is C11H13NO5. The van der Waals surface area contributed by atoms with Crippen molar-refractivity contribution in [1.29, 1.82) is 0 Å². The van der Waals surface area contributed by atoms with E-state index in [1.54, 1.807) is 24.3 Å². The molecule has 1 aromatic carbocycles. The molecule has 0 aliphatic carbocycles. The van der Waals surface area contributed by atoms with Crippen LogP contribution in [0.1, 0.15) is 0 Å². The molecule has 0 atom stereocenters. The number of rotatable bonds is 2. The minimum Gasteiger partial charge on any atom is -0.426 e. The van der Waals surface area contributed by atoms with E-state index in [-0.39, 0.29) is 6.79 Å². The first-order valence-electron chi connectivity index (χ1n) is 5.13. The van der Waals surface area contributed by atoms with Gasteiger partial charge in [0.15, 0.2) is 6.10 Å². The van der Waals surface area contributed by atoms with E-state index in [1.807, 2.05) is 0 Å². The van der Waals surface area contributed by atoms with E-state index in [9.17, 15) is 4.79 Å². The van der Waals surface area contributed by atoms with Crippen molar-refractivity contribution in [2.24, 2.45) is 0 Å². The highest BCUT2D eigenvalue weighted by Crippen LogP contribution is 2.14. The second-order valence-electron chi connectivity index (χ2n) is 3.52. The number of hydrogen-bond donors (Lipinski definition) is 1. The lowest BCUT2D eigenvalue weighted by Gasteiger charge is -2.21.